The molecule has 2 aromatic carbocycles. The SMILES string of the molecule is Cc1c(F)cccc1-c1c[nH]c2ccc([N+](=O)[O-])cc12. The number of nitrogens with one attached hydrogen (secondary N) is 1. The number of fused-ring (bicyclic) bond motifs is 1. The standard InChI is InChI=1S/C15H11FN2O2/c1-9-11(3-2-4-14(9)16)13-8-17-15-6-5-10(18(19)20)7-12(13)15/h2-8,17H,1H3. The van der Waals surface area contributed by atoms with Crippen LogP contribution in [0.3, 0.4) is 0 Å². The lowest BCUT2D eigenvalue weighted by Crippen LogP contribution is -1.88. The highest BCUT2D eigenvalue weighted by atomic mass is 19.1. The van der Waals surface area contributed by atoms with Crippen molar-refractivity contribution in [2.45, 2.75) is 6.92 Å². The van der Waals surface area contributed by atoms with E-state index in [0.29, 0.717) is 10.9 Å². The Labute approximate surface area is 114 Å². The molecule has 5 heteroatoms. The summed E-state index contributed by atoms with van der Waals surface area (Å²) in [5.41, 5.74) is 2.83. The third kappa shape index (κ3) is 1.84. The quantitative estimate of drug-likeness (QED) is 0.560. The number of rotatable bonds is 2. The lowest BCUT2D eigenvalue weighted by molar-refractivity contribution is -0.384. The lowest BCUT2D eigenvalue weighted by Gasteiger charge is -2.05. The highest BCUT2D eigenvalue weighted by Crippen LogP contribution is 2.33. The maximum Gasteiger partial charge on any atom is 0.270 e. The molecule has 0 radical (unpaired) electrons. The number of nitro groups is 1. The largest absolute Gasteiger partial charge is 0.361 e. The molecule has 0 fully saturated rings. The minimum absolute atomic E-state index is 0.0207. The number of halogens is 1. The number of H-pyrrole nitrogens is 1. The van der Waals surface area contributed by atoms with E-state index in [1.165, 1.54) is 18.2 Å². The predicted molar refractivity (Wildman–Crippen MR) is 75.1 cm³/mol. The average molecular weight is 270 g/mol. The Bertz CT molecular complexity index is 824. The van der Waals surface area contributed by atoms with Gasteiger partial charge in [0, 0.05) is 34.8 Å². The number of hydrogen-bond acceptors (Lipinski definition) is 2. The molecule has 0 amide bonds. The number of aromatic nitrogens is 1. The molecule has 20 heavy (non-hydrogen) atoms. The van der Waals surface area contributed by atoms with Crippen molar-refractivity contribution in [3.8, 4) is 11.1 Å². The molecule has 0 aliphatic rings. The number of aromatic amines is 1. The van der Waals surface area contributed by atoms with Crippen LogP contribution >= 0.6 is 0 Å². The second-order valence-electron chi connectivity index (χ2n) is 4.60. The van der Waals surface area contributed by atoms with Crippen molar-refractivity contribution >= 4 is 16.6 Å². The molecule has 100 valence electrons. The number of hydrogen-bond donors (Lipinski definition) is 1. The van der Waals surface area contributed by atoms with Crippen molar-refractivity contribution in [3.63, 3.8) is 0 Å². The zero-order valence-corrected chi connectivity index (χ0v) is 10.7. The average Bonchev–Trinajstić information content (AvgIpc) is 2.84. The highest BCUT2D eigenvalue weighted by molar-refractivity contribution is 5.97. The van der Waals surface area contributed by atoms with E-state index in [0.717, 1.165) is 16.6 Å². The van der Waals surface area contributed by atoms with Gasteiger partial charge in [-0.15, -0.1) is 0 Å². The molecule has 3 aromatic rings. The topological polar surface area (TPSA) is 58.9 Å². The zero-order valence-electron chi connectivity index (χ0n) is 10.7. The van der Waals surface area contributed by atoms with Crippen LogP contribution in [0.15, 0.2) is 42.6 Å². The highest BCUT2D eigenvalue weighted by Gasteiger charge is 2.14. The predicted octanol–water partition coefficient (Wildman–Crippen LogP) is 4.19. The van der Waals surface area contributed by atoms with Gasteiger partial charge in [0.2, 0.25) is 0 Å². The summed E-state index contributed by atoms with van der Waals surface area (Å²) in [6.45, 7) is 1.70. The summed E-state index contributed by atoms with van der Waals surface area (Å²) in [4.78, 5) is 13.5. The fourth-order valence-electron chi connectivity index (χ4n) is 2.34. The van der Waals surface area contributed by atoms with E-state index >= 15 is 0 Å². The number of nitro benzene ring substituents is 1. The van der Waals surface area contributed by atoms with E-state index in [1.54, 1.807) is 31.3 Å². The molecule has 0 aliphatic carbocycles. The molecule has 0 bridgehead atoms. The monoisotopic (exact) mass is 270 g/mol. The molecule has 0 aliphatic heterocycles. The van der Waals surface area contributed by atoms with E-state index in [4.69, 9.17) is 0 Å². The summed E-state index contributed by atoms with van der Waals surface area (Å²) >= 11 is 0. The number of benzene rings is 2. The van der Waals surface area contributed by atoms with Crippen LogP contribution < -0.4 is 0 Å². The zero-order chi connectivity index (χ0) is 14.3. The maximum absolute atomic E-state index is 13.7. The Morgan fingerprint density at radius 2 is 2.00 bits per heavy atom. The van der Waals surface area contributed by atoms with Crippen LogP contribution in [0, 0.1) is 22.9 Å². The molecule has 0 spiro atoms. The van der Waals surface area contributed by atoms with E-state index in [9.17, 15) is 14.5 Å². The first kappa shape index (κ1) is 12.3. The van der Waals surface area contributed by atoms with Crippen LogP contribution in [-0.2, 0) is 0 Å². The molecule has 0 saturated carbocycles. The van der Waals surface area contributed by atoms with Crippen molar-refractivity contribution in [1.82, 2.24) is 4.98 Å². The molecule has 0 saturated heterocycles. The third-order valence-corrected chi connectivity index (χ3v) is 3.43. The summed E-state index contributed by atoms with van der Waals surface area (Å²) in [5.74, 6) is -0.290. The maximum atomic E-state index is 13.7. The minimum Gasteiger partial charge on any atom is -0.361 e. The van der Waals surface area contributed by atoms with Gasteiger partial charge in [-0.2, -0.15) is 0 Å². The van der Waals surface area contributed by atoms with E-state index < -0.39 is 4.92 Å². The molecule has 1 heterocycles. The Morgan fingerprint density at radius 3 is 2.75 bits per heavy atom. The van der Waals surface area contributed by atoms with E-state index in [1.807, 2.05) is 0 Å². The fraction of sp³-hybridized carbons (Fsp3) is 0.0667. The Balaban J connectivity index is 2.28. The van der Waals surface area contributed by atoms with Gasteiger partial charge in [0.25, 0.3) is 5.69 Å². The van der Waals surface area contributed by atoms with Gasteiger partial charge in [0.05, 0.1) is 4.92 Å². The van der Waals surface area contributed by atoms with Gasteiger partial charge in [0.15, 0.2) is 0 Å². The van der Waals surface area contributed by atoms with Crippen molar-refractivity contribution in [2.75, 3.05) is 0 Å². The fourth-order valence-corrected chi connectivity index (χ4v) is 2.34. The summed E-state index contributed by atoms with van der Waals surface area (Å²) in [7, 11) is 0. The minimum atomic E-state index is -0.436. The normalized spacial score (nSPS) is 10.9. The van der Waals surface area contributed by atoms with Crippen LogP contribution in [0.25, 0.3) is 22.0 Å². The molecular formula is C15H11FN2O2. The van der Waals surface area contributed by atoms with Crippen molar-refractivity contribution in [3.05, 3.63) is 64.1 Å². The number of nitrogens with zero attached hydrogens (tertiary/aromatic N) is 1. The molecule has 3 rings (SSSR count). The van der Waals surface area contributed by atoms with Crippen LogP contribution in [0.4, 0.5) is 10.1 Å². The van der Waals surface area contributed by atoms with E-state index in [2.05, 4.69) is 4.98 Å². The van der Waals surface area contributed by atoms with Gasteiger partial charge in [-0.3, -0.25) is 10.1 Å². The first-order valence-electron chi connectivity index (χ1n) is 6.09. The first-order valence-corrected chi connectivity index (χ1v) is 6.09. The molecule has 1 aromatic heterocycles. The number of non-ortho nitro benzene ring substituents is 1. The Kier molecular flexibility index (Phi) is 2.75. The van der Waals surface area contributed by atoms with Crippen molar-refractivity contribution in [2.24, 2.45) is 0 Å². The second kappa shape index (κ2) is 4.45. The molecular weight excluding hydrogens is 259 g/mol. The smallest absolute Gasteiger partial charge is 0.270 e. The van der Waals surface area contributed by atoms with Crippen molar-refractivity contribution < 1.29 is 9.31 Å². The van der Waals surface area contributed by atoms with Gasteiger partial charge in [0.1, 0.15) is 5.82 Å². The van der Waals surface area contributed by atoms with Gasteiger partial charge >= 0.3 is 0 Å². The Morgan fingerprint density at radius 1 is 1.20 bits per heavy atom. The first-order chi connectivity index (χ1) is 9.58. The summed E-state index contributed by atoms with van der Waals surface area (Å²) in [5, 5.41) is 11.6. The van der Waals surface area contributed by atoms with Crippen molar-refractivity contribution in [1.29, 1.82) is 0 Å². The van der Waals surface area contributed by atoms with Gasteiger partial charge in [-0.05, 0) is 30.2 Å². The molecule has 0 unspecified atom stereocenters. The van der Waals surface area contributed by atoms with Crippen LogP contribution in [-0.4, -0.2) is 9.91 Å². The summed E-state index contributed by atoms with van der Waals surface area (Å²) in [6.07, 6.45) is 1.75. The van der Waals surface area contributed by atoms with Gasteiger partial charge in [-0.1, -0.05) is 12.1 Å². The van der Waals surface area contributed by atoms with Crippen LogP contribution in [0.5, 0.6) is 0 Å². The molecule has 0 atom stereocenters. The summed E-state index contributed by atoms with van der Waals surface area (Å²) < 4.78 is 13.7. The third-order valence-electron chi connectivity index (χ3n) is 3.43. The van der Waals surface area contributed by atoms with E-state index in [-0.39, 0.29) is 11.5 Å². The lowest BCUT2D eigenvalue weighted by atomic mass is 9.99. The van der Waals surface area contributed by atoms with Gasteiger partial charge in [-0.25, -0.2) is 4.39 Å². The van der Waals surface area contributed by atoms with Gasteiger partial charge < -0.3 is 4.98 Å². The van der Waals surface area contributed by atoms with Crippen LogP contribution in [0.2, 0.25) is 0 Å². The Hall–Kier alpha value is -2.69. The van der Waals surface area contributed by atoms with Crippen LogP contribution in [0.1, 0.15) is 5.56 Å². The molecule has 4 nitrogen and oxygen atoms in total. The summed E-state index contributed by atoms with van der Waals surface area (Å²) in [6, 6.07) is 9.45. The molecule has 1 N–H and O–H groups in total. The second-order valence-corrected chi connectivity index (χ2v) is 4.60.